The van der Waals surface area contributed by atoms with Gasteiger partial charge in [0, 0.05) is 18.0 Å². The molecule has 3 rings (SSSR count). The molecule has 18 heavy (non-hydrogen) atoms. The second-order valence-electron chi connectivity index (χ2n) is 4.97. The van der Waals surface area contributed by atoms with Crippen LogP contribution < -0.4 is 0 Å². The molecular formula is C16H19NS. The van der Waals surface area contributed by atoms with Crippen molar-refractivity contribution in [2.75, 3.05) is 13.1 Å². The van der Waals surface area contributed by atoms with Gasteiger partial charge in [0.25, 0.3) is 0 Å². The van der Waals surface area contributed by atoms with Crippen molar-refractivity contribution in [3.63, 3.8) is 0 Å². The average Bonchev–Trinajstić information content (AvgIpc) is 2.75. The van der Waals surface area contributed by atoms with Gasteiger partial charge in [0.2, 0.25) is 0 Å². The molecular weight excluding hydrogens is 238 g/mol. The van der Waals surface area contributed by atoms with Gasteiger partial charge in [-0.3, -0.25) is 0 Å². The normalized spacial score (nSPS) is 23.9. The topological polar surface area (TPSA) is 3.24 Å². The Morgan fingerprint density at radius 2 is 1.72 bits per heavy atom. The number of rotatable bonds is 2. The molecule has 0 amide bonds. The van der Waals surface area contributed by atoms with Gasteiger partial charge in [-0.15, -0.1) is 0 Å². The van der Waals surface area contributed by atoms with Gasteiger partial charge in [-0.25, -0.2) is 4.31 Å². The highest BCUT2D eigenvalue weighted by molar-refractivity contribution is 8.01. The summed E-state index contributed by atoms with van der Waals surface area (Å²) in [4.78, 5) is 1.42. The maximum atomic E-state index is 2.52. The largest absolute Gasteiger partial charge is 0.246 e. The van der Waals surface area contributed by atoms with Crippen LogP contribution in [-0.2, 0) is 0 Å². The maximum absolute atomic E-state index is 2.52. The molecule has 3 aliphatic rings. The summed E-state index contributed by atoms with van der Waals surface area (Å²) in [5, 5.41) is 0. The van der Waals surface area contributed by atoms with Crippen LogP contribution in [0.15, 0.2) is 58.6 Å². The minimum absolute atomic E-state index is 1.07. The van der Waals surface area contributed by atoms with Crippen molar-refractivity contribution in [2.24, 2.45) is 0 Å². The van der Waals surface area contributed by atoms with Crippen molar-refractivity contribution < 1.29 is 0 Å². The maximum Gasteiger partial charge on any atom is 0.0265 e. The predicted molar refractivity (Wildman–Crippen MR) is 80.2 cm³/mol. The third-order valence-corrected chi connectivity index (χ3v) is 4.75. The molecule has 94 valence electrons. The monoisotopic (exact) mass is 257 g/mol. The molecule has 0 aromatic carbocycles. The van der Waals surface area contributed by atoms with Crippen LogP contribution in [0.5, 0.6) is 0 Å². The van der Waals surface area contributed by atoms with E-state index in [1.165, 1.54) is 48.4 Å². The molecule has 0 spiro atoms. The summed E-state index contributed by atoms with van der Waals surface area (Å²) in [7, 11) is 0. The molecule has 2 aliphatic carbocycles. The molecule has 1 fully saturated rings. The van der Waals surface area contributed by atoms with Crippen molar-refractivity contribution in [3.05, 3.63) is 58.6 Å². The molecule has 1 aliphatic heterocycles. The fourth-order valence-corrected chi connectivity index (χ4v) is 3.64. The number of hydrogen-bond donors (Lipinski definition) is 0. The fraction of sp³-hybridized carbons (Fsp3) is 0.375. The Labute approximate surface area is 114 Å². The first-order valence-corrected chi connectivity index (χ1v) is 7.57. The van der Waals surface area contributed by atoms with E-state index >= 15 is 0 Å². The molecule has 0 aromatic heterocycles. The molecule has 0 unspecified atom stereocenters. The number of allylic oxidation sites excluding steroid dienone is 9. The SMILES string of the molecule is C1=CC=C2CC(=C1)C=CC=C2SN1CCCCC1. The zero-order valence-electron chi connectivity index (χ0n) is 10.6. The highest BCUT2D eigenvalue weighted by Crippen LogP contribution is 2.35. The minimum atomic E-state index is 1.07. The van der Waals surface area contributed by atoms with Gasteiger partial charge in [0.15, 0.2) is 0 Å². The molecule has 1 saturated heterocycles. The third-order valence-electron chi connectivity index (χ3n) is 3.53. The Hall–Kier alpha value is -0.990. The zero-order chi connectivity index (χ0) is 12.2. The molecule has 1 nitrogen and oxygen atoms in total. The second kappa shape index (κ2) is 5.77. The number of nitrogens with zero attached hydrogens (tertiary/aromatic N) is 1. The van der Waals surface area contributed by atoms with Crippen molar-refractivity contribution >= 4 is 11.9 Å². The van der Waals surface area contributed by atoms with Crippen LogP contribution in [0.3, 0.4) is 0 Å². The van der Waals surface area contributed by atoms with Crippen LogP contribution in [0, 0.1) is 0 Å². The van der Waals surface area contributed by atoms with Gasteiger partial charge in [-0.05, 0) is 48.4 Å². The van der Waals surface area contributed by atoms with Gasteiger partial charge in [0.1, 0.15) is 0 Å². The summed E-state index contributed by atoms with van der Waals surface area (Å²) in [6.45, 7) is 2.47. The summed E-state index contributed by atoms with van der Waals surface area (Å²) < 4.78 is 2.52. The Balaban J connectivity index is 1.76. The Morgan fingerprint density at radius 1 is 0.889 bits per heavy atom. The minimum Gasteiger partial charge on any atom is -0.246 e. The molecule has 2 heteroatoms. The lowest BCUT2D eigenvalue weighted by molar-refractivity contribution is 0.382. The smallest absolute Gasteiger partial charge is 0.0265 e. The van der Waals surface area contributed by atoms with Gasteiger partial charge in [-0.2, -0.15) is 0 Å². The molecule has 0 saturated carbocycles. The summed E-state index contributed by atoms with van der Waals surface area (Å²) in [6.07, 6.45) is 20.6. The van der Waals surface area contributed by atoms with Crippen LogP contribution in [-0.4, -0.2) is 17.4 Å². The van der Waals surface area contributed by atoms with Gasteiger partial charge < -0.3 is 0 Å². The number of fused-ring (bicyclic) bond motifs is 2. The first-order chi connectivity index (χ1) is 8.92. The van der Waals surface area contributed by atoms with E-state index in [1.54, 1.807) is 0 Å². The van der Waals surface area contributed by atoms with Crippen LogP contribution in [0.25, 0.3) is 0 Å². The summed E-state index contributed by atoms with van der Waals surface area (Å²) >= 11 is 1.95. The van der Waals surface area contributed by atoms with Crippen molar-refractivity contribution in [1.29, 1.82) is 0 Å². The van der Waals surface area contributed by atoms with E-state index in [1.807, 2.05) is 11.9 Å². The van der Waals surface area contributed by atoms with E-state index in [0.29, 0.717) is 0 Å². The highest BCUT2D eigenvalue weighted by Gasteiger charge is 2.16. The molecule has 0 radical (unpaired) electrons. The van der Waals surface area contributed by atoms with Crippen LogP contribution in [0.1, 0.15) is 25.7 Å². The van der Waals surface area contributed by atoms with Crippen molar-refractivity contribution in [2.45, 2.75) is 25.7 Å². The van der Waals surface area contributed by atoms with Gasteiger partial charge >= 0.3 is 0 Å². The Bertz CT molecular complexity index is 459. The van der Waals surface area contributed by atoms with Crippen molar-refractivity contribution in [1.82, 2.24) is 4.31 Å². The predicted octanol–water partition coefficient (Wildman–Crippen LogP) is 4.39. The summed E-state index contributed by atoms with van der Waals surface area (Å²) in [6, 6.07) is 0. The molecule has 0 atom stereocenters. The number of hydrogen-bond acceptors (Lipinski definition) is 2. The van der Waals surface area contributed by atoms with E-state index < -0.39 is 0 Å². The Morgan fingerprint density at radius 3 is 2.61 bits per heavy atom. The lowest BCUT2D eigenvalue weighted by Gasteiger charge is -2.26. The van der Waals surface area contributed by atoms with E-state index in [-0.39, 0.29) is 0 Å². The lowest BCUT2D eigenvalue weighted by Crippen LogP contribution is -2.23. The van der Waals surface area contributed by atoms with Gasteiger partial charge in [-0.1, -0.05) is 42.9 Å². The van der Waals surface area contributed by atoms with E-state index in [4.69, 9.17) is 0 Å². The van der Waals surface area contributed by atoms with Crippen LogP contribution in [0.4, 0.5) is 0 Å². The standard InChI is InChI=1S/C16H19NS/c1-4-11-17(12-5-1)18-16-10-6-8-14-7-2-3-9-15(16)13-14/h2-3,6-10H,1,4-5,11-13H2. The molecule has 0 N–H and O–H groups in total. The van der Waals surface area contributed by atoms with E-state index in [9.17, 15) is 0 Å². The quantitative estimate of drug-likeness (QED) is 0.675. The lowest BCUT2D eigenvalue weighted by atomic mass is 10.1. The number of piperidine rings is 1. The molecule has 1 heterocycles. The first-order valence-electron chi connectivity index (χ1n) is 6.80. The summed E-state index contributed by atoms with van der Waals surface area (Å²) in [5.41, 5.74) is 2.86. The molecule has 2 bridgehead atoms. The molecule has 0 aromatic rings. The third kappa shape index (κ3) is 2.88. The summed E-state index contributed by atoms with van der Waals surface area (Å²) in [5.74, 6) is 0. The van der Waals surface area contributed by atoms with E-state index in [2.05, 4.69) is 46.8 Å². The highest BCUT2D eigenvalue weighted by atomic mass is 32.2. The zero-order valence-corrected chi connectivity index (χ0v) is 11.5. The second-order valence-corrected chi connectivity index (χ2v) is 6.10. The van der Waals surface area contributed by atoms with E-state index in [0.717, 1.165) is 6.42 Å². The van der Waals surface area contributed by atoms with Gasteiger partial charge in [0.05, 0.1) is 0 Å². The fourth-order valence-electron chi connectivity index (χ4n) is 2.52. The Kier molecular flexibility index (Phi) is 3.87. The average molecular weight is 257 g/mol. The first kappa shape index (κ1) is 12.1. The van der Waals surface area contributed by atoms with Crippen LogP contribution in [0.2, 0.25) is 0 Å². The van der Waals surface area contributed by atoms with Crippen LogP contribution >= 0.6 is 11.9 Å². The van der Waals surface area contributed by atoms with Crippen molar-refractivity contribution in [3.8, 4) is 0 Å².